The van der Waals surface area contributed by atoms with Crippen molar-refractivity contribution in [2.75, 3.05) is 11.9 Å². The average Bonchev–Trinajstić information content (AvgIpc) is 2.99. The first-order chi connectivity index (χ1) is 9.13. The van der Waals surface area contributed by atoms with Crippen LogP contribution >= 0.6 is 0 Å². The highest BCUT2D eigenvalue weighted by molar-refractivity contribution is 6.06. The zero-order valence-electron chi connectivity index (χ0n) is 10.5. The highest BCUT2D eigenvalue weighted by Crippen LogP contribution is 2.17. The summed E-state index contributed by atoms with van der Waals surface area (Å²) in [6, 6.07) is 0. The van der Waals surface area contributed by atoms with Gasteiger partial charge in [0.25, 0.3) is 5.91 Å². The van der Waals surface area contributed by atoms with Gasteiger partial charge in [0.2, 0.25) is 0 Å². The summed E-state index contributed by atoms with van der Waals surface area (Å²) in [4.78, 5) is 30.0. The number of rotatable bonds is 4. The van der Waals surface area contributed by atoms with Gasteiger partial charge >= 0.3 is 5.97 Å². The zero-order chi connectivity index (χ0) is 13.8. The number of aromatic amines is 2. The molecule has 0 aliphatic heterocycles. The SMILES string of the molecule is CCOC(=O)c1c(NC(=O)c2cnc[nH]2)n[nH]c1C. The van der Waals surface area contributed by atoms with Crippen LogP contribution in [-0.4, -0.2) is 38.6 Å². The van der Waals surface area contributed by atoms with Gasteiger partial charge in [-0.05, 0) is 13.8 Å². The van der Waals surface area contributed by atoms with Gasteiger partial charge < -0.3 is 15.0 Å². The summed E-state index contributed by atoms with van der Waals surface area (Å²) in [5.41, 5.74) is 1.02. The van der Waals surface area contributed by atoms with Gasteiger partial charge in [-0.2, -0.15) is 5.10 Å². The van der Waals surface area contributed by atoms with Gasteiger partial charge in [0.15, 0.2) is 5.82 Å². The summed E-state index contributed by atoms with van der Waals surface area (Å²) in [6.07, 6.45) is 2.76. The molecule has 3 N–H and O–H groups in total. The number of nitrogens with zero attached hydrogens (tertiary/aromatic N) is 2. The molecular weight excluding hydrogens is 250 g/mol. The number of ether oxygens (including phenoxy) is 1. The maximum atomic E-state index is 11.8. The van der Waals surface area contributed by atoms with Crippen molar-refractivity contribution in [2.45, 2.75) is 13.8 Å². The smallest absolute Gasteiger partial charge is 0.343 e. The lowest BCUT2D eigenvalue weighted by atomic mass is 10.2. The number of aromatic nitrogens is 4. The lowest BCUT2D eigenvalue weighted by Crippen LogP contribution is -2.16. The van der Waals surface area contributed by atoms with Crippen molar-refractivity contribution < 1.29 is 14.3 Å². The average molecular weight is 263 g/mol. The van der Waals surface area contributed by atoms with E-state index in [1.807, 2.05) is 0 Å². The second kappa shape index (κ2) is 5.34. The van der Waals surface area contributed by atoms with E-state index >= 15 is 0 Å². The number of imidazole rings is 1. The third-order valence-corrected chi connectivity index (χ3v) is 2.40. The first kappa shape index (κ1) is 12.8. The number of amides is 1. The van der Waals surface area contributed by atoms with Crippen LogP contribution in [0.5, 0.6) is 0 Å². The third kappa shape index (κ3) is 2.62. The molecule has 8 heteroatoms. The van der Waals surface area contributed by atoms with Crippen molar-refractivity contribution in [1.82, 2.24) is 20.2 Å². The summed E-state index contributed by atoms with van der Waals surface area (Å²) in [6.45, 7) is 3.62. The van der Waals surface area contributed by atoms with E-state index in [-0.39, 0.29) is 23.7 Å². The molecule has 0 spiro atoms. The standard InChI is InChI=1S/C11H13N5O3/c1-3-19-11(18)8-6(2)15-16-9(8)14-10(17)7-4-12-5-13-7/h4-5H,3H2,1-2H3,(H,12,13)(H2,14,15,16,17). The van der Waals surface area contributed by atoms with Gasteiger partial charge in [0, 0.05) is 5.69 Å². The molecule has 1 amide bonds. The fourth-order valence-electron chi connectivity index (χ4n) is 1.53. The second-order valence-electron chi connectivity index (χ2n) is 3.71. The fourth-order valence-corrected chi connectivity index (χ4v) is 1.53. The maximum Gasteiger partial charge on any atom is 0.343 e. The van der Waals surface area contributed by atoms with Crippen LogP contribution in [0.15, 0.2) is 12.5 Å². The summed E-state index contributed by atoms with van der Waals surface area (Å²) < 4.78 is 4.91. The number of hydrogen-bond acceptors (Lipinski definition) is 5. The molecule has 2 aromatic rings. The Balaban J connectivity index is 2.21. The minimum Gasteiger partial charge on any atom is -0.462 e. The molecule has 2 heterocycles. The molecule has 0 bridgehead atoms. The molecule has 0 aliphatic carbocycles. The van der Waals surface area contributed by atoms with E-state index in [1.54, 1.807) is 13.8 Å². The highest BCUT2D eigenvalue weighted by atomic mass is 16.5. The third-order valence-electron chi connectivity index (χ3n) is 2.40. The number of carbonyl (C=O) groups is 2. The molecule has 0 atom stereocenters. The molecule has 0 aliphatic rings. The number of carbonyl (C=O) groups excluding carboxylic acids is 2. The Hall–Kier alpha value is -2.64. The van der Waals surface area contributed by atoms with Gasteiger partial charge in [-0.3, -0.25) is 9.89 Å². The Morgan fingerprint density at radius 2 is 2.26 bits per heavy atom. The molecule has 0 saturated heterocycles. The Morgan fingerprint density at radius 1 is 1.47 bits per heavy atom. The molecule has 0 saturated carbocycles. The highest BCUT2D eigenvalue weighted by Gasteiger charge is 2.21. The van der Waals surface area contributed by atoms with Crippen LogP contribution in [0, 0.1) is 6.92 Å². The van der Waals surface area contributed by atoms with Crippen molar-refractivity contribution in [1.29, 1.82) is 0 Å². The fraction of sp³-hybridized carbons (Fsp3) is 0.273. The number of anilines is 1. The predicted octanol–water partition coefficient (Wildman–Crippen LogP) is 0.870. The van der Waals surface area contributed by atoms with E-state index in [2.05, 4.69) is 25.5 Å². The molecule has 2 aromatic heterocycles. The van der Waals surface area contributed by atoms with Gasteiger partial charge in [-0.25, -0.2) is 9.78 Å². The molecule has 2 rings (SSSR count). The van der Waals surface area contributed by atoms with Crippen LogP contribution in [-0.2, 0) is 4.74 Å². The number of aryl methyl sites for hydroxylation is 1. The van der Waals surface area contributed by atoms with Gasteiger partial charge in [-0.15, -0.1) is 0 Å². The van der Waals surface area contributed by atoms with E-state index in [0.717, 1.165) is 0 Å². The quantitative estimate of drug-likeness (QED) is 0.708. The number of esters is 1. The van der Waals surface area contributed by atoms with Crippen LogP contribution < -0.4 is 5.32 Å². The molecule has 8 nitrogen and oxygen atoms in total. The summed E-state index contributed by atoms with van der Waals surface area (Å²) in [5.74, 6) is -0.834. The molecule has 0 fully saturated rings. The van der Waals surface area contributed by atoms with Crippen LogP contribution in [0.3, 0.4) is 0 Å². The lowest BCUT2D eigenvalue weighted by Gasteiger charge is -2.04. The van der Waals surface area contributed by atoms with Crippen LogP contribution in [0.1, 0.15) is 33.5 Å². The monoisotopic (exact) mass is 263 g/mol. The van der Waals surface area contributed by atoms with E-state index in [4.69, 9.17) is 4.74 Å². The second-order valence-corrected chi connectivity index (χ2v) is 3.71. The summed E-state index contributed by atoms with van der Waals surface area (Å²) >= 11 is 0. The Morgan fingerprint density at radius 3 is 2.89 bits per heavy atom. The van der Waals surface area contributed by atoms with Crippen LogP contribution in [0.2, 0.25) is 0 Å². The number of H-pyrrole nitrogens is 2. The van der Waals surface area contributed by atoms with E-state index in [9.17, 15) is 9.59 Å². The largest absolute Gasteiger partial charge is 0.462 e. The van der Waals surface area contributed by atoms with E-state index in [1.165, 1.54) is 12.5 Å². The lowest BCUT2D eigenvalue weighted by molar-refractivity contribution is 0.0527. The Labute approximate surface area is 108 Å². The topological polar surface area (TPSA) is 113 Å². The Bertz CT molecular complexity index is 588. The Kier molecular flexibility index (Phi) is 3.60. The molecular formula is C11H13N5O3. The maximum absolute atomic E-state index is 11.8. The molecule has 0 radical (unpaired) electrons. The number of hydrogen-bond donors (Lipinski definition) is 3. The van der Waals surface area contributed by atoms with Crippen molar-refractivity contribution in [2.24, 2.45) is 0 Å². The van der Waals surface area contributed by atoms with Crippen molar-refractivity contribution in [3.8, 4) is 0 Å². The predicted molar refractivity (Wildman–Crippen MR) is 65.8 cm³/mol. The summed E-state index contributed by atoms with van der Waals surface area (Å²) in [5, 5.41) is 9.03. The van der Waals surface area contributed by atoms with E-state index < -0.39 is 11.9 Å². The van der Waals surface area contributed by atoms with E-state index in [0.29, 0.717) is 5.69 Å². The first-order valence-corrected chi connectivity index (χ1v) is 5.65. The first-order valence-electron chi connectivity index (χ1n) is 5.65. The molecule has 19 heavy (non-hydrogen) atoms. The zero-order valence-corrected chi connectivity index (χ0v) is 10.5. The van der Waals surface area contributed by atoms with Crippen LogP contribution in [0.25, 0.3) is 0 Å². The van der Waals surface area contributed by atoms with Gasteiger partial charge in [0.1, 0.15) is 11.3 Å². The van der Waals surface area contributed by atoms with Crippen molar-refractivity contribution >= 4 is 17.7 Å². The minimum absolute atomic E-state index is 0.135. The molecule has 0 unspecified atom stereocenters. The molecule has 0 aromatic carbocycles. The normalized spacial score (nSPS) is 10.2. The summed E-state index contributed by atoms with van der Waals surface area (Å²) in [7, 11) is 0. The van der Waals surface area contributed by atoms with Gasteiger partial charge in [0.05, 0.1) is 19.1 Å². The minimum atomic E-state index is -0.534. The van der Waals surface area contributed by atoms with Crippen LogP contribution in [0.4, 0.5) is 5.82 Å². The van der Waals surface area contributed by atoms with Crippen molar-refractivity contribution in [3.05, 3.63) is 29.5 Å². The van der Waals surface area contributed by atoms with Crippen molar-refractivity contribution in [3.63, 3.8) is 0 Å². The van der Waals surface area contributed by atoms with Gasteiger partial charge in [-0.1, -0.05) is 0 Å². The number of nitrogens with one attached hydrogen (secondary N) is 3. The molecule has 100 valence electrons.